The topological polar surface area (TPSA) is 43.6 Å². The summed E-state index contributed by atoms with van der Waals surface area (Å²) in [5, 5.41) is 4.85. The quantitative estimate of drug-likeness (QED) is 0.822. The van der Waals surface area contributed by atoms with Crippen molar-refractivity contribution in [3.63, 3.8) is 0 Å². The highest BCUT2D eigenvalue weighted by Gasteiger charge is 2.08. The Morgan fingerprint density at radius 2 is 2.06 bits per heavy atom. The summed E-state index contributed by atoms with van der Waals surface area (Å²) in [6.45, 7) is 4.17. The summed E-state index contributed by atoms with van der Waals surface area (Å²) in [6, 6.07) is 2.09. The molecule has 0 fully saturated rings. The van der Waals surface area contributed by atoms with Crippen LogP contribution in [0.25, 0.3) is 5.82 Å². The second-order valence-electron chi connectivity index (χ2n) is 3.45. The highest BCUT2D eigenvalue weighted by atomic mass is 35.5. The van der Waals surface area contributed by atoms with Crippen LogP contribution in [0.2, 0.25) is 5.15 Å². The van der Waals surface area contributed by atoms with Crippen molar-refractivity contribution in [2.45, 2.75) is 26.7 Å². The van der Waals surface area contributed by atoms with Gasteiger partial charge in [-0.05, 0) is 18.9 Å². The molecule has 0 saturated carbocycles. The fraction of sp³-hybridized carbons (Fsp3) is 0.364. The summed E-state index contributed by atoms with van der Waals surface area (Å²) in [5.41, 5.74) is 2.17. The van der Waals surface area contributed by atoms with E-state index < -0.39 is 0 Å². The standard InChI is InChI=1S/C11H13ClN4/c1-3-8-5-9(4-2)16(15-8)11-7-13-6-10(12)14-11/h5-7H,3-4H2,1-2H3. The lowest BCUT2D eigenvalue weighted by Gasteiger charge is -2.03. The molecule has 2 aromatic rings. The first-order valence-corrected chi connectivity index (χ1v) is 5.68. The molecule has 0 aliphatic carbocycles. The minimum Gasteiger partial charge on any atom is -0.258 e. The zero-order chi connectivity index (χ0) is 11.5. The number of nitrogens with zero attached hydrogens (tertiary/aromatic N) is 4. The third-order valence-electron chi connectivity index (χ3n) is 2.37. The molecule has 4 nitrogen and oxygen atoms in total. The molecule has 0 spiro atoms. The number of hydrogen-bond donors (Lipinski definition) is 0. The lowest BCUT2D eigenvalue weighted by molar-refractivity contribution is 0.767. The Morgan fingerprint density at radius 1 is 1.25 bits per heavy atom. The van der Waals surface area contributed by atoms with Gasteiger partial charge in [-0.25, -0.2) is 9.67 Å². The maximum atomic E-state index is 5.82. The van der Waals surface area contributed by atoms with Gasteiger partial charge in [0, 0.05) is 5.69 Å². The van der Waals surface area contributed by atoms with Crippen molar-refractivity contribution in [3.05, 3.63) is 35.0 Å². The molecule has 0 radical (unpaired) electrons. The van der Waals surface area contributed by atoms with E-state index in [1.165, 1.54) is 6.20 Å². The maximum absolute atomic E-state index is 5.82. The van der Waals surface area contributed by atoms with Crippen LogP contribution in [-0.2, 0) is 12.8 Å². The summed E-state index contributed by atoms with van der Waals surface area (Å²) in [5.74, 6) is 0.670. The molecule has 0 aromatic carbocycles. The molecule has 0 aliphatic heterocycles. The van der Waals surface area contributed by atoms with E-state index in [1.807, 2.05) is 0 Å². The smallest absolute Gasteiger partial charge is 0.173 e. The first-order valence-electron chi connectivity index (χ1n) is 5.30. The number of aryl methyl sites for hydroxylation is 2. The molecule has 5 heteroatoms. The van der Waals surface area contributed by atoms with Crippen LogP contribution >= 0.6 is 11.6 Å². The van der Waals surface area contributed by atoms with Crippen LogP contribution in [-0.4, -0.2) is 19.7 Å². The average molecular weight is 237 g/mol. The molecule has 2 aromatic heterocycles. The number of rotatable bonds is 3. The van der Waals surface area contributed by atoms with Crippen LogP contribution in [0.5, 0.6) is 0 Å². The lowest BCUT2D eigenvalue weighted by atomic mass is 10.3. The Bertz CT molecular complexity index is 492. The van der Waals surface area contributed by atoms with Crippen LogP contribution in [0, 0.1) is 0 Å². The summed E-state index contributed by atoms with van der Waals surface area (Å²) in [4.78, 5) is 8.22. The first kappa shape index (κ1) is 11.1. The monoisotopic (exact) mass is 236 g/mol. The predicted molar refractivity (Wildman–Crippen MR) is 62.9 cm³/mol. The predicted octanol–water partition coefficient (Wildman–Crippen LogP) is 2.44. The van der Waals surface area contributed by atoms with Gasteiger partial charge >= 0.3 is 0 Å². The van der Waals surface area contributed by atoms with Gasteiger partial charge in [-0.15, -0.1) is 0 Å². The fourth-order valence-corrected chi connectivity index (χ4v) is 1.68. The Hall–Kier alpha value is -1.42. The molecule has 84 valence electrons. The van der Waals surface area contributed by atoms with Gasteiger partial charge in [0.1, 0.15) is 5.15 Å². The van der Waals surface area contributed by atoms with E-state index in [0.717, 1.165) is 24.2 Å². The van der Waals surface area contributed by atoms with E-state index in [4.69, 9.17) is 11.6 Å². The van der Waals surface area contributed by atoms with E-state index in [0.29, 0.717) is 11.0 Å². The molecule has 0 amide bonds. The van der Waals surface area contributed by atoms with Gasteiger partial charge in [-0.3, -0.25) is 4.98 Å². The molecule has 16 heavy (non-hydrogen) atoms. The van der Waals surface area contributed by atoms with E-state index in [1.54, 1.807) is 10.9 Å². The Labute approximate surface area is 99.3 Å². The van der Waals surface area contributed by atoms with Gasteiger partial charge in [-0.1, -0.05) is 25.4 Å². The summed E-state index contributed by atoms with van der Waals surface area (Å²) < 4.78 is 1.80. The van der Waals surface area contributed by atoms with E-state index in [-0.39, 0.29) is 0 Å². The molecular formula is C11H13ClN4. The molecular weight excluding hydrogens is 224 g/mol. The van der Waals surface area contributed by atoms with Gasteiger partial charge in [0.25, 0.3) is 0 Å². The Kier molecular flexibility index (Phi) is 3.19. The summed E-state index contributed by atoms with van der Waals surface area (Å²) >= 11 is 5.82. The number of aromatic nitrogens is 4. The molecule has 0 atom stereocenters. The zero-order valence-corrected chi connectivity index (χ0v) is 10.1. The average Bonchev–Trinajstić information content (AvgIpc) is 2.72. The molecule has 0 bridgehead atoms. The SMILES string of the molecule is CCc1cc(CC)n(-c2cncc(Cl)n2)n1. The van der Waals surface area contributed by atoms with Crippen molar-refractivity contribution in [3.8, 4) is 5.82 Å². The Balaban J connectivity index is 2.50. The zero-order valence-electron chi connectivity index (χ0n) is 9.31. The number of hydrogen-bond acceptors (Lipinski definition) is 3. The van der Waals surface area contributed by atoms with Crippen LogP contribution in [0.3, 0.4) is 0 Å². The third-order valence-corrected chi connectivity index (χ3v) is 2.55. The van der Waals surface area contributed by atoms with E-state index >= 15 is 0 Å². The number of halogens is 1. The molecule has 2 rings (SSSR count). The first-order chi connectivity index (χ1) is 7.74. The van der Waals surface area contributed by atoms with Gasteiger partial charge in [-0.2, -0.15) is 5.10 Å². The van der Waals surface area contributed by atoms with Gasteiger partial charge in [0.15, 0.2) is 5.82 Å². The summed E-state index contributed by atoms with van der Waals surface area (Å²) in [6.07, 6.45) is 4.99. The second-order valence-corrected chi connectivity index (χ2v) is 3.83. The van der Waals surface area contributed by atoms with Crippen LogP contribution in [0.4, 0.5) is 0 Å². The highest BCUT2D eigenvalue weighted by Crippen LogP contribution is 2.13. The van der Waals surface area contributed by atoms with Crippen molar-refractivity contribution in [2.75, 3.05) is 0 Å². The van der Waals surface area contributed by atoms with E-state index in [2.05, 4.69) is 35.0 Å². The van der Waals surface area contributed by atoms with Gasteiger partial charge in [0.2, 0.25) is 0 Å². The third kappa shape index (κ3) is 2.07. The largest absolute Gasteiger partial charge is 0.258 e. The fourth-order valence-electron chi connectivity index (χ4n) is 1.53. The van der Waals surface area contributed by atoms with Crippen LogP contribution in [0.1, 0.15) is 25.2 Å². The van der Waals surface area contributed by atoms with Crippen LogP contribution in [0.15, 0.2) is 18.5 Å². The van der Waals surface area contributed by atoms with Crippen molar-refractivity contribution in [2.24, 2.45) is 0 Å². The van der Waals surface area contributed by atoms with Crippen molar-refractivity contribution in [1.82, 2.24) is 19.7 Å². The van der Waals surface area contributed by atoms with E-state index in [9.17, 15) is 0 Å². The second kappa shape index (κ2) is 4.61. The van der Waals surface area contributed by atoms with Gasteiger partial charge < -0.3 is 0 Å². The molecule has 2 heterocycles. The molecule has 0 N–H and O–H groups in total. The van der Waals surface area contributed by atoms with Crippen molar-refractivity contribution >= 4 is 11.6 Å². The van der Waals surface area contributed by atoms with Crippen molar-refractivity contribution < 1.29 is 0 Å². The maximum Gasteiger partial charge on any atom is 0.173 e. The summed E-state index contributed by atoms with van der Waals surface area (Å²) in [7, 11) is 0. The normalized spacial score (nSPS) is 10.7. The van der Waals surface area contributed by atoms with Gasteiger partial charge in [0.05, 0.1) is 18.1 Å². The molecule has 0 unspecified atom stereocenters. The molecule has 0 aliphatic rings. The molecule has 0 saturated heterocycles. The minimum absolute atomic E-state index is 0.383. The lowest BCUT2D eigenvalue weighted by Crippen LogP contribution is -2.04. The Morgan fingerprint density at radius 3 is 2.69 bits per heavy atom. The van der Waals surface area contributed by atoms with Crippen molar-refractivity contribution in [1.29, 1.82) is 0 Å². The highest BCUT2D eigenvalue weighted by molar-refractivity contribution is 6.29. The minimum atomic E-state index is 0.383. The van der Waals surface area contributed by atoms with Crippen LogP contribution < -0.4 is 0 Å².